The third-order valence-corrected chi connectivity index (χ3v) is 4.74. The number of rotatable bonds is 5. The quantitative estimate of drug-likeness (QED) is 0.857. The summed E-state index contributed by atoms with van der Waals surface area (Å²) < 4.78 is 0. The van der Waals surface area contributed by atoms with Gasteiger partial charge in [-0.25, -0.2) is 0 Å². The topological polar surface area (TPSA) is 41.1 Å². The fraction of sp³-hybridized carbons (Fsp3) is 0.533. The Labute approximate surface area is 142 Å². The van der Waals surface area contributed by atoms with Crippen molar-refractivity contribution in [1.82, 2.24) is 10.6 Å². The number of nitrogens with one attached hydrogen (secondary N) is 2. The average molecular weight is 349 g/mol. The molecule has 6 heteroatoms. The van der Waals surface area contributed by atoms with Gasteiger partial charge >= 0.3 is 0 Å². The van der Waals surface area contributed by atoms with Crippen molar-refractivity contribution in [2.75, 3.05) is 12.3 Å². The van der Waals surface area contributed by atoms with Crippen LogP contribution in [0.15, 0.2) is 24.3 Å². The summed E-state index contributed by atoms with van der Waals surface area (Å²) in [4.78, 5) is 11.9. The lowest BCUT2D eigenvalue weighted by atomic mass is 10.00. The molecule has 0 aliphatic carbocycles. The molecule has 0 bridgehead atoms. The molecule has 1 aromatic carbocycles. The van der Waals surface area contributed by atoms with Gasteiger partial charge < -0.3 is 10.6 Å². The number of carbonyl (C=O) groups is 1. The minimum atomic E-state index is 0. The zero-order chi connectivity index (χ0) is 14.4. The second-order valence-electron chi connectivity index (χ2n) is 5.18. The number of halogens is 2. The van der Waals surface area contributed by atoms with Gasteiger partial charge in [-0.15, -0.1) is 24.2 Å². The van der Waals surface area contributed by atoms with Gasteiger partial charge in [-0.3, -0.25) is 4.79 Å². The van der Waals surface area contributed by atoms with E-state index in [9.17, 15) is 4.79 Å². The van der Waals surface area contributed by atoms with Gasteiger partial charge in [0, 0.05) is 22.9 Å². The predicted octanol–water partition coefficient (Wildman–Crippen LogP) is 3.25. The van der Waals surface area contributed by atoms with Gasteiger partial charge in [0.15, 0.2) is 0 Å². The Kier molecular flexibility index (Phi) is 8.49. The Morgan fingerprint density at radius 3 is 3.05 bits per heavy atom. The van der Waals surface area contributed by atoms with E-state index < -0.39 is 0 Å². The van der Waals surface area contributed by atoms with E-state index in [1.165, 1.54) is 0 Å². The van der Waals surface area contributed by atoms with Crippen molar-refractivity contribution in [3.05, 3.63) is 34.9 Å². The molecule has 1 saturated heterocycles. The molecule has 1 fully saturated rings. The number of piperidine rings is 1. The second kappa shape index (κ2) is 9.57. The van der Waals surface area contributed by atoms with Crippen LogP contribution in [-0.2, 0) is 10.5 Å². The fourth-order valence-electron chi connectivity index (χ4n) is 2.38. The first-order valence-electron chi connectivity index (χ1n) is 7.00. The molecule has 21 heavy (non-hydrogen) atoms. The highest BCUT2D eigenvalue weighted by molar-refractivity contribution is 7.99. The summed E-state index contributed by atoms with van der Waals surface area (Å²) >= 11 is 7.56. The second-order valence-corrected chi connectivity index (χ2v) is 6.60. The summed E-state index contributed by atoms with van der Waals surface area (Å²) in [5, 5.41) is 7.25. The van der Waals surface area contributed by atoms with Crippen LogP contribution in [0.3, 0.4) is 0 Å². The van der Waals surface area contributed by atoms with Crippen molar-refractivity contribution in [3.8, 4) is 0 Å². The van der Waals surface area contributed by atoms with Gasteiger partial charge in [0.2, 0.25) is 5.91 Å². The number of hydrogen-bond acceptors (Lipinski definition) is 3. The maximum Gasteiger partial charge on any atom is 0.230 e. The SMILES string of the molecule is CC1NCCCC1NC(=O)CSCc1cccc(Cl)c1.Cl. The molecule has 1 aromatic rings. The number of thioether (sulfide) groups is 1. The van der Waals surface area contributed by atoms with Gasteiger partial charge in [-0.05, 0) is 44.0 Å². The maximum atomic E-state index is 11.9. The first-order chi connectivity index (χ1) is 9.65. The van der Waals surface area contributed by atoms with E-state index in [-0.39, 0.29) is 24.4 Å². The predicted molar refractivity (Wildman–Crippen MR) is 93.5 cm³/mol. The molecule has 2 unspecified atom stereocenters. The Morgan fingerprint density at radius 1 is 1.52 bits per heavy atom. The fourth-order valence-corrected chi connectivity index (χ4v) is 3.38. The molecular formula is C15H22Cl2N2OS. The monoisotopic (exact) mass is 348 g/mol. The minimum Gasteiger partial charge on any atom is -0.351 e. The van der Waals surface area contributed by atoms with Gasteiger partial charge in [-0.2, -0.15) is 0 Å². The van der Waals surface area contributed by atoms with Crippen molar-refractivity contribution in [1.29, 1.82) is 0 Å². The van der Waals surface area contributed by atoms with E-state index in [1.54, 1.807) is 11.8 Å². The standard InChI is InChI=1S/C15H21ClN2OS.ClH/c1-11-14(6-3-7-17-11)18-15(19)10-20-9-12-4-2-5-13(16)8-12;/h2,4-5,8,11,14,17H,3,6-7,9-10H2,1H3,(H,18,19);1H. The number of benzene rings is 1. The van der Waals surface area contributed by atoms with E-state index in [0.717, 1.165) is 35.7 Å². The molecular weight excluding hydrogens is 327 g/mol. The first kappa shape index (κ1) is 18.6. The van der Waals surface area contributed by atoms with Gasteiger partial charge in [-0.1, -0.05) is 23.7 Å². The Bertz CT molecular complexity index is 459. The smallest absolute Gasteiger partial charge is 0.230 e. The number of amides is 1. The van der Waals surface area contributed by atoms with Crippen LogP contribution in [0.2, 0.25) is 5.02 Å². The maximum absolute atomic E-state index is 11.9. The van der Waals surface area contributed by atoms with E-state index in [4.69, 9.17) is 11.6 Å². The normalized spacial score (nSPS) is 21.4. The molecule has 2 rings (SSSR count). The van der Waals surface area contributed by atoms with Gasteiger partial charge in [0.1, 0.15) is 0 Å². The molecule has 2 N–H and O–H groups in total. The average Bonchev–Trinajstić information content (AvgIpc) is 2.41. The first-order valence-corrected chi connectivity index (χ1v) is 8.53. The van der Waals surface area contributed by atoms with Crippen LogP contribution < -0.4 is 10.6 Å². The summed E-state index contributed by atoms with van der Waals surface area (Å²) in [5.41, 5.74) is 1.16. The lowest BCUT2D eigenvalue weighted by Gasteiger charge is -2.30. The van der Waals surface area contributed by atoms with Crippen molar-refractivity contribution < 1.29 is 4.79 Å². The van der Waals surface area contributed by atoms with Gasteiger partial charge in [0.05, 0.1) is 5.75 Å². The molecule has 1 aliphatic rings. The van der Waals surface area contributed by atoms with E-state index >= 15 is 0 Å². The van der Waals surface area contributed by atoms with Crippen LogP contribution in [-0.4, -0.2) is 30.3 Å². The molecule has 0 saturated carbocycles. The number of hydrogen-bond donors (Lipinski definition) is 2. The van der Waals surface area contributed by atoms with Crippen LogP contribution in [0, 0.1) is 0 Å². The van der Waals surface area contributed by atoms with E-state index in [1.807, 2.05) is 24.3 Å². The summed E-state index contributed by atoms with van der Waals surface area (Å²) in [6, 6.07) is 8.41. The summed E-state index contributed by atoms with van der Waals surface area (Å²) in [6.07, 6.45) is 2.20. The van der Waals surface area contributed by atoms with Crippen molar-refractivity contribution in [2.45, 2.75) is 37.6 Å². The zero-order valence-corrected chi connectivity index (χ0v) is 14.5. The molecule has 0 radical (unpaired) electrons. The molecule has 1 aliphatic heterocycles. The van der Waals surface area contributed by atoms with Crippen LogP contribution in [0.1, 0.15) is 25.3 Å². The molecule has 1 heterocycles. The third kappa shape index (κ3) is 6.47. The van der Waals surface area contributed by atoms with Crippen molar-refractivity contribution >= 4 is 41.7 Å². The number of carbonyl (C=O) groups excluding carboxylic acids is 1. The highest BCUT2D eigenvalue weighted by Gasteiger charge is 2.21. The lowest BCUT2D eigenvalue weighted by molar-refractivity contribution is -0.119. The van der Waals surface area contributed by atoms with Crippen LogP contribution >= 0.6 is 35.8 Å². The highest BCUT2D eigenvalue weighted by atomic mass is 35.5. The highest BCUT2D eigenvalue weighted by Crippen LogP contribution is 2.16. The van der Waals surface area contributed by atoms with E-state index in [0.29, 0.717) is 11.8 Å². The largest absolute Gasteiger partial charge is 0.351 e. The lowest BCUT2D eigenvalue weighted by Crippen LogP contribution is -2.52. The van der Waals surface area contributed by atoms with Crippen molar-refractivity contribution in [3.63, 3.8) is 0 Å². The molecule has 0 aromatic heterocycles. The van der Waals surface area contributed by atoms with Crippen molar-refractivity contribution in [2.24, 2.45) is 0 Å². The molecule has 2 atom stereocenters. The zero-order valence-electron chi connectivity index (χ0n) is 12.1. The minimum absolute atomic E-state index is 0. The van der Waals surface area contributed by atoms with E-state index in [2.05, 4.69) is 17.6 Å². The Morgan fingerprint density at radius 2 is 2.33 bits per heavy atom. The summed E-state index contributed by atoms with van der Waals surface area (Å²) in [5.74, 6) is 1.43. The molecule has 3 nitrogen and oxygen atoms in total. The third-order valence-electron chi connectivity index (χ3n) is 3.50. The molecule has 0 spiro atoms. The summed E-state index contributed by atoms with van der Waals surface area (Å²) in [6.45, 7) is 3.18. The molecule has 118 valence electrons. The Balaban J connectivity index is 0.00000220. The van der Waals surface area contributed by atoms with Crippen LogP contribution in [0.5, 0.6) is 0 Å². The summed E-state index contributed by atoms with van der Waals surface area (Å²) in [7, 11) is 0. The Hall–Kier alpha value is -0.420. The van der Waals surface area contributed by atoms with Crippen LogP contribution in [0.4, 0.5) is 0 Å². The van der Waals surface area contributed by atoms with Crippen LogP contribution in [0.25, 0.3) is 0 Å². The van der Waals surface area contributed by atoms with Gasteiger partial charge in [0.25, 0.3) is 0 Å². The molecule has 1 amide bonds.